The van der Waals surface area contributed by atoms with Gasteiger partial charge in [0.1, 0.15) is 15.7 Å². The molecule has 0 aliphatic heterocycles. The molecule has 6 heteroatoms. The van der Waals surface area contributed by atoms with Gasteiger partial charge >= 0.3 is 0 Å². The van der Waals surface area contributed by atoms with Crippen LogP contribution in [0.25, 0.3) is 0 Å². The zero-order valence-electron chi connectivity index (χ0n) is 11.1. The van der Waals surface area contributed by atoms with Gasteiger partial charge in [-0.2, -0.15) is 0 Å². The highest BCUT2D eigenvalue weighted by Gasteiger charge is 2.16. The lowest BCUT2D eigenvalue weighted by Gasteiger charge is -2.19. The van der Waals surface area contributed by atoms with Gasteiger partial charge in [-0.25, -0.2) is 12.8 Å². The fourth-order valence-electron chi connectivity index (χ4n) is 1.95. The third-order valence-electron chi connectivity index (χ3n) is 2.82. The van der Waals surface area contributed by atoms with Gasteiger partial charge in [-0.15, -0.1) is 0 Å². The number of sulfone groups is 1. The summed E-state index contributed by atoms with van der Waals surface area (Å²) >= 11 is 5.96. The highest BCUT2D eigenvalue weighted by atomic mass is 35.5. The molecular weight excluding hydrogens is 289 g/mol. The molecule has 1 aromatic carbocycles. The van der Waals surface area contributed by atoms with Crippen molar-refractivity contribution in [3.05, 3.63) is 34.6 Å². The van der Waals surface area contributed by atoms with Crippen LogP contribution in [0.5, 0.6) is 0 Å². The molecule has 1 unspecified atom stereocenters. The summed E-state index contributed by atoms with van der Waals surface area (Å²) in [5.41, 5.74) is 0.678. The van der Waals surface area contributed by atoms with Gasteiger partial charge in [-0.05, 0) is 31.0 Å². The van der Waals surface area contributed by atoms with E-state index >= 15 is 0 Å². The Labute approximate surface area is 119 Å². The van der Waals surface area contributed by atoms with Crippen LogP contribution < -0.4 is 5.32 Å². The van der Waals surface area contributed by atoms with Crippen LogP contribution in [0.2, 0.25) is 5.02 Å². The number of rotatable bonds is 7. The van der Waals surface area contributed by atoms with Gasteiger partial charge in [0.25, 0.3) is 0 Å². The average Bonchev–Trinajstić information content (AvgIpc) is 2.30. The second kappa shape index (κ2) is 7.22. The second-order valence-electron chi connectivity index (χ2n) is 4.53. The van der Waals surface area contributed by atoms with Crippen molar-refractivity contribution in [2.24, 2.45) is 0 Å². The van der Waals surface area contributed by atoms with Crippen molar-refractivity contribution in [2.45, 2.75) is 25.8 Å². The molecule has 0 aliphatic rings. The molecule has 1 atom stereocenters. The SMILES string of the molecule is CCNC(CCCS(C)(=O)=O)c1cccc(F)c1Cl. The minimum Gasteiger partial charge on any atom is -0.310 e. The Hall–Kier alpha value is -0.650. The minimum absolute atomic E-state index is 0.104. The number of nitrogens with one attached hydrogen (secondary N) is 1. The van der Waals surface area contributed by atoms with Crippen LogP contribution in [0.4, 0.5) is 4.39 Å². The van der Waals surface area contributed by atoms with E-state index in [0.29, 0.717) is 24.9 Å². The van der Waals surface area contributed by atoms with Gasteiger partial charge in [0.05, 0.1) is 5.02 Å². The molecule has 0 spiro atoms. The van der Waals surface area contributed by atoms with Crippen LogP contribution in [0.3, 0.4) is 0 Å². The predicted octanol–water partition coefficient (Wildman–Crippen LogP) is 2.95. The lowest BCUT2D eigenvalue weighted by atomic mass is 10.0. The Morgan fingerprint density at radius 2 is 2.11 bits per heavy atom. The summed E-state index contributed by atoms with van der Waals surface area (Å²) in [6, 6.07) is 4.55. The predicted molar refractivity (Wildman–Crippen MR) is 76.8 cm³/mol. The van der Waals surface area contributed by atoms with Crippen molar-refractivity contribution in [3.8, 4) is 0 Å². The maximum atomic E-state index is 13.4. The van der Waals surface area contributed by atoms with Crippen molar-refractivity contribution in [1.82, 2.24) is 5.32 Å². The van der Waals surface area contributed by atoms with Gasteiger partial charge in [0, 0.05) is 18.1 Å². The third kappa shape index (κ3) is 5.47. The molecule has 0 fully saturated rings. The van der Waals surface area contributed by atoms with E-state index in [0.717, 1.165) is 0 Å². The maximum Gasteiger partial charge on any atom is 0.147 e. The lowest BCUT2D eigenvalue weighted by Crippen LogP contribution is -2.22. The molecule has 0 saturated heterocycles. The zero-order valence-corrected chi connectivity index (χ0v) is 12.7. The topological polar surface area (TPSA) is 46.2 Å². The molecule has 0 amide bonds. The number of hydrogen-bond donors (Lipinski definition) is 1. The first-order valence-electron chi connectivity index (χ1n) is 6.20. The van der Waals surface area contributed by atoms with E-state index < -0.39 is 15.7 Å². The van der Waals surface area contributed by atoms with E-state index in [9.17, 15) is 12.8 Å². The van der Waals surface area contributed by atoms with E-state index in [1.807, 2.05) is 6.92 Å². The first kappa shape index (κ1) is 16.4. The normalized spacial score (nSPS) is 13.5. The van der Waals surface area contributed by atoms with Crippen LogP contribution >= 0.6 is 11.6 Å². The summed E-state index contributed by atoms with van der Waals surface area (Å²) in [7, 11) is -2.97. The minimum atomic E-state index is -2.97. The second-order valence-corrected chi connectivity index (χ2v) is 7.16. The lowest BCUT2D eigenvalue weighted by molar-refractivity contribution is 0.503. The molecule has 1 aromatic rings. The van der Waals surface area contributed by atoms with Gasteiger partial charge in [0.15, 0.2) is 0 Å². The zero-order chi connectivity index (χ0) is 14.5. The van der Waals surface area contributed by atoms with Crippen LogP contribution in [0.1, 0.15) is 31.4 Å². The van der Waals surface area contributed by atoms with Crippen LogP contribution in [0.15, 0.2) is 18.2 Å². The van der Waals surface area contributed by atoms with Gasteiger partial charge in [0.2, 0.25) is 0 Å². The quantitative estimate of drug-likeness (QED) is 0.842. The summed E-state index contributed by atoms with van der Waals surface area (Å²) < 4.78 is 35.7. The van der Waals surface area contributed by atoms with Crippen LogP contribution in [0, 0.1) is 5.82 Å². The number of halogens is 2. The Morgan fingerprint density at radius 1 is 1.42 bits per heavy atom. The fraction of sp³-hybridized carbons (Fsp3) is 0.538. The molecule has 0 bridgehead atoms. The molecule has 0 radical (unpaired) electrons. The Morgan fingerprint density at radius 3 is 2.68 bits per heavy atom. The van der Waals surface area contributed by atoms with Crippen molar-refractivity contribution >= 4 is 21.4 Å². The molecule has 0 heterocycles. The largest absolute Gasteiger partial charge is 0.310 e. The van der Waals surface area contributed by atoms with Gasteiger partial charge in [-0.3, -0.25) is 0 Å². The highest BCUT2D eigenvalue weighted by Crippen LogP contribution is 2.28. The molecule has 0 aromatic heterocycles. The van der Waals surface area contributed by atoms with E-state index in [-0.39, 0.29) is 16.8 Å². The van der Waals surface area contributed by atoms with Crippen LogP contribution in [-0.4, -0.2) is 27.0 Å². The molecule has 0 saturated carbocycles. The monoisotopic (exact) mass is 307 g/mol. The Bertz CT molecular complexity index is 519. The van der Waals surface area contributed by atoms with Crippen molar-refractivity contribution < 1.29 is 12.8 Å². The van der Waals surface area contributed by atoms with Gasteiger partial charge in [-0.1, -0.05) is 30.7 Å². The standard InChI is InChI=1S/C13H19ClFNO2S/c1-3-16-12(8-5-9-19(2,17)18)10-6-4-7-11(15)13(10)14/h4,6-7,12,16H,3,5,8-9H2,1-2H3. The molecule has 1 rings (SSSR count). The summed E-state index contributed by atoms with van der Waals surface area (Å²) in [5, 5.41) is 3.31. The average molecular weight is 308 g/mol. The van der Waals surface area contributed by atoms with E-state index in [1.165, 1.54) is 12.3 Å². The fourth-order valence-corrected chi connectivity index (χ4v) is 2.90. The number of hydrogen-bond acceptors (Lipinski definition) is 3. The van der Waals surface area contributed by atoms with E-state index in [4.69, 9.17) is 11.6 Å². The highest BCUT2D eigenvalue weighted by molar-refractivity contribution is 7.90. The molecule has 0 aliphatic carbocycles. The number of benzene rings is 1. The Balaban J connectivity index is 2.79. The first-order valence-corrected chi connectivity index (χ1v) is 8.64. The van der Waals surface area contributed by atoms with E-state index in [1.54, 1.807) is 12.1 Å². The van der Waals surface area contributed by atoms with Crippen molar-refractivity contribution in [2.75, 3.05) is 18.6 Å². The molecule has 1 N–H and O–H groups in total. The first-order chi connectivity index (χ1) is 8.85. The van der Waals surface area contributed by atoms with Gasteiger partial charge < -0.3 is 5.32 Å². The summed E-state index contributed by atoms with van der Waals surface area (Å²) in [5.74, 6) is -0.327. The van der Waals surface area contributed by atoms with E-state index in [2.05, 4.69) is 5.32 Å². The van der Waals surface area contributed by atoms with Crippen molar-refractivity contribution in [3.63, 3.8) is 0 Å². The summed E-state index contributed by atoms with van der Waals surface area (Å²) in [6.07, 6.45) is 2.33. The van der Waals surface area contributed by atoms with Crippen LogP contribution in [-0.2, 0) is 9.84 Å². The molecular formula is C13H19ClFNO2S. The third-order valence-corrected chi connectivity index (χ3v) is 4.24. The van der Waals surface area contributed by atoms with Crippen molar-refractivity contribution in [1.29, 1.82) is 0 Å². The molecule has 19 heavy (non-hydrogen) atoms. The smallest absolute Gasteiger partial charge is 0.147 e. The molecule has 3 nitrogen and oxygen atoms in total. The molecule has 108 valence electrons. The summed E-state index contributed by atoms with van der Waals surface area (Å²) in [6.45, 7) is 2.65. The maximum absolute atomic E-state index is 13.4. The Kier molecular flexibility index (Phi) is 6.23. The summed E-state index contributed by atoms with van der Waals surface area (Å²) in [4.78, 5) is 0.